The first-order valence-corrected chi connectivity index (χ1v) is 5.34. The maximum atomic E-state index is 11.3. The third-order valence-electron chi connectivity index (χ3n) is 1.51. The van der Waals surface area contributed by atoms with Gasteiger partial charge in [-0.25, -0.2) is 4.98 Å². The molecule has 0 aliphatic heterocycles. The maximum absolute atomic E-state index is 11.3. The van der Waals surface area contributed by atoms with Crippen LogP contribution in [-0.4, -0.2) is 23.3 Å². The Morgan fingerprint density at radius 3 is 3.07 bits per heavy atom. The van der Waals surface area contributed by atoms with Crippen LogP contribution >= 0.6 is 11.8 Å². The van der Waals surface area contributed by atoms with Gasteiger partial charge in [-0.3, -0.25) is 4.79 Å². The third-order valence-corrected chi connectivity index (χ3v) is 2.39. The Hall–Kier alpha value is -0.870. The molecular formula is C10H13NO2S. The molecule has 0 radical (unpaired) electrons. The first kappa shape index (κ1) is 11.2. The molecule has 0 bridgehead atoms. The lowest BCUT2D eigenvalue weighted by atomic mass is 10.5. The first-order chi connectivity index (χ1) is 6.83. The molecule has 0 amide bonds. The van der Waals surface area contributed by atoms with Crippen molar-refractivity contribution >= 4 is 16.9 Å². The van der Waals surface area contributed by atoms with Crippen LogP contribution < -0.4 is 0 Å². The summed E-state index contributed by atoms with van der Waals surface area (Å²) in [4.78, 5) is 15.4. The van der Waals surface area contributed by atoms with Crippen molar-refractivity contribution in [1.82, 2.24) is 4.98 Å². The summed E-state index contributed by atoms with van der Waals surface area (Å²) in [6.07, 6.45) is 2.12. The van der Waals surface area contributed by atoms with Crippen LogP contribution in [-0.2, 0) is 9.53 Å². The Bertz CT molecular complexity index is 277. The van der Waals surface area contributed by atoms with Gasteiger partial charge in [-0.2, -0.15) is 0 Å². The van der Waals surface area contributed by atoms with E-state index in [4.69, 9.17) is 4.74 Å². The Morgan fingerprint density at radius 2 is 2.43 bits per heavy atom. The van der Waals surface area contributed by atoms with E-state index in [9.17, 15) is 4.79 Å². The van der Waals surface area contributed by atoms with Gasteiger partial charge in [-0.1, -0.05) is 6.07 Å². The van der Waals surface area contributed by atoms with Gasteiger partial charge in [0.2, 0.25) is 0 Å². The monoisotopic (exact) mass is 211 g/mol. The van der Waals surface area contributed by atoms with Crippen molar-refractivity contribution in [2.24, 2.45) is 0 Å². The highest BCUT2D eigenvalue weighted by molar-refractivity contribution is 8.13. The fourth-order valence-corrected chi connectivity index (χ4v) is 1.55. The third kappa shape index (κ3) is 4.39. The zero-order chi connectivity index (χ0) is 10.2. The molecule has 0 unspecified atom stereocenters. The zero-order valence-electron chi connectivity index (χ0n) is 8.10. The fraction of sp³-hybridized carbons (Fsp3) is 0.400. The molecule has 3 nitrogen and oxygen atoms in total. The van der Waals surface area contributed by atoms with Crippen molar-refractivity contribution in [1.29, 1.82) is 0 Å². The first-order valence-electron chi connectivity index (χ1n) is 4.52. The number of carbonyl (C=O) groups excluding carboxylic acids is 1. The molecule has 0 fully saturated rings. The standard InChI is InChI=1S/C10H13NO2S/c1-2-13-8-6-10(12)14-9-5-3-4-7-11-9/h3-5,7H,2,6,8H2,1H3. The van der Waals surface area contributed by atoms with Crippen LogP contribution in [0.15, 0.2) is 29.4 Å². The Morgan fingerprint density at radius 1 is 1.57 bits per heavy atom. The summed E-state index contributed by atoms with van der Waals surface area (Å²) in [6.45, 7) is 3.06. The highest BCUT2D eigenvalue weighted by Crippen LogP contribution is 2.16. The second-order valence-corrected chi connectivity index (χ2v) is 3.67. The average Bonchev–Trinajstić information content (AvgIpc) is 2.20. The van der Waals surface area contributed by atoms with Crippen molar-refractivity contribution in [3.8, 4) is 0 Å². The van der Waals surface area contributed by atoms with Crippen LogP contribution in [0.25, 0.3) is 0 Å². The number of carbonyl (C=O) groups is 1. The van der Waals surface area contributed by atoms with Gasteiger partial charge in [0.25, 0.3) is 0 Å². The molecule has 1 heterocycles. The normalized spacial score (nSPS) is 10.1. The molecule has 0 aliphatic carbocycles. The number of thioether (sulfide) groups is 1. The molecule has 0 spiro atoms. The number of ether oxygens (including phenoxy) is 1. The largest absolute Gasteiger partial charge is 0.381 e. The molecule has 0 saturated heterocycles. The molecule has 0 N–H and O–H groups in total. The number of hydrogen-bond acceptors (Lipinski definition) is 4. The smallest absolute Gasteiger partial charge is 0.197 e. The topological polar surface area (TPSA) is 39.2 Å². The summed E-state index contributed by atoms with van der Waals surface area (Å²) in [7, 11) is 0. The lowest BCUT2D eigenvalue weighted by Gasteiger charge is -2.00. The van der Waals surface area contributed by atoms with Crippen LogP contribution in [0.3, 0.4) is 0 Å². The highest BCUT2D eigenvalue weighted by atomic mass is 32.2. The molecule has 14 heavy (non-hydrogen) atoms. The predicted molar refractivity (Wildman–Crippen MR) is 56.2 cm³/mol. The molecule has 1 aromatic heterocycles. The Balaban J connectivity index is 2.27. The fourth-order valence-electron chi connectivity index (χ4n) is 0.875. The SMILES string of the molecule is CCOCCC(=O)Sc1ccccn1. The number of aromatic nitrogens is 1. The van der Waals surface area contributed by atoms with Crippen LogP contribution in [0.4, 0.5) is 0 Å². The van der Waals surface area contributed by atoms with Crippen molar-refractivity contribution in [3.63, 3.8) is 0 Å². The molecule has 1 rings (SSSR count). The van der Waals surface area contributed by atoms with Gasteiger partial charge < -0.3 is 4.74 Å². The van der Waals surface area contributed by atoms with Gasteiger partial charge in [0, 0.05) is 19.2 Å². The van der Waals surface area contributed by atoms with Crippen molar-refractivity contribution in [3.05, 3.63) is 24.4 Å². The summed E-state index contributed by atoms with van der Waals surface area (Å²) in [5.74, 6) is 0. The number of nitrogens with zero attached hydrogens (tertiary/aromatic N) is 1. The summed E-state index contributed by atoms with van der Waals surface area (Å²) in [6, 6.07) is 5.52. The van der Waals surface area contributed by atoms with Crippen molar-refractivity contribution in [2.75, 3.05) is 13.2 Å². The summed E-state index contributed by atoms with van der Waals surface area (Å²) < 4.78 is 5.09. The maximum Gasteiger partial charge on any atom is 0.197 e. The highest BCUT2D eigenvalue weighted by Gasteiger charge is 2.04. The number of rotatable bonds is 5. The van der Waals surface area contributed by atoms with Gasteiger partial charge in [0.05, 0.1) is 6.61 Å². The van der Waals surface area contributed by atoms with E-state index in [1.54, 1.807) is 6.20 Å². The van der Waals surface area contributed by atoms with Gasteiger partial charge in [0.1, 0.15) is 5.03 Å². The van der Waals surface area contributed by atoms with Gasteiger partial charge in [0.15, 0.2) is 5.12 Å². The summed E-state index contributed by atoms with van der Waals surface area (Å²) >= 11 is 1.16. The molecule has 76 valence electrons. The number of pyridine rings is 1. The second kappa shape index (κ2) is 6.56. The quantitative estimate of drug-likeness (QED) is 0.552. The molecule has 0 atom stereocenters. The predicted octanol–water partition coefficient (Wildman–Crippen LogP) is 2.13. The van der Waals surface area contributed by atoms with E-state index in [0.29, 0.717) is 19.6 Å². The minimum Gasteiger partial charge on any atom is -0.381 e. The van der Waals surface area contributed by atoms with E-state index < -0.39 is 0 Å². The molecular weight excluding hydrogens is 198 g/mol. The lowest BCUT2D eigenvalue weighted by molar-refractivity contribution is -0.111. The van der Waals surface area contributed by atoms with E-state index >= 15 is 0 Å². The van der Waals surface area contributed by atoms with Crippen LogP contribution in [0.2, 0.25) is 0 Å². The van der Waals surface area contributed by atoms with Crippen LogP contribution in [0, 0.1) is 0 Å². The minimum absolute atomic E-state index is 0.0946. The van der Waals surface area contributed by atoms with E-state index in [2.05, 4.69) is 4.98 Å². The van der Waals surface area contributed by atoms with E-state index in [1.165, 1.54) is 0 Å². The molecule has 0 aliphatic rings. The Kier molecular flexibility index (Phi) is 5.25. The van der Waals surface area contributed by atoms with E-state index in [-0.39, 0.29) is 5.12 Å². The van der Waals surface area contributed by atoms with Crippen molar-refractivity contribution < 1.29 is 9.53 Å². The zero-order valence-corrected chi connectivity index (χ0v) is 8.92. The lowest BCUT2D eigenvalue weighted by Crippen LogP contribution is -2.00. The minimum atomic E-state index is 0.0946. The number of hydrogen-bond donors (Lipinski definition) is 0. The van der Waals surface area contributed by atoms with Crippen LogP contribution in [0.5, 0.6) is 0 Å². The van der Waals surface area contributed by atoms with Gasteiger partial charge >= 0.3 is 0 Å². The summed E-state index contributed by atoms with van der Waals surface area (Å²) in [5.41, 5.74) is 0. The van der Waals surface area contributed by atoms with Gasteiger partial charge in [-0.05, 0) is 30.8 Å². The van der Waals surface area contributed by atoms with E-state index in [1.807, 2.05) is 25.1 Å². The molecule has 0 aromatic carbocycles. The van der Waals surface area contributed by atoms with Crippen molar-refractivity contribution in [2.45, 2.75) is 18.4 Å². The molecule has 4 heteroatoms. The van der Waals surface area contributed by atoms with Crippen LogP contribution in [0.1, 0.15) is 13.3 Å². The molecule has 0 saturated carbocycles. The second-order valence-electron chi connectivity index (χ2n) is 2.59. The molecule has 1 aromatic rings. The summed E-state index contributed by atoms with van der Waals surface area (Å²) in [5, 5.41) is 0.839. The average molecular weight is 211 g/mol. The Labute approximate surface area is 87.9 Å². The van der Waals surface area contributed by atoms with E-state index in [0.717, 1.165) is 16.8 Å². The van der Waals surface area contributed by atoms with Gasteiger partial charge in [-0.15, -0.1) is 0 Å².